The molecule has 19 heavy (non-hydrogen) atoms. The number of hydrogen-bond donors (Lipinski definition) is 1. The van der Waals surface area contributed by atoms with Gasteiger partial charge in [-0.15, -0.1) is 0 Å². The first-order valence-electron chi connectivity index (χ1n) is 6.25. The maximum atomic E-state index is 12.1. The second-order valence-electron chi connectivity index (χ2n) is 4.57. The Labute approximate surface area is 110 Å². The van der Waals surface area contributed by atoms with Gasteiger partial charge < -0.3 is 10.1 Å². The molecule has 1 amide bonds. The van der Waals surface area contributed by atoms with Gasteiger partial charge in [-0.3, -0.25) is 14.9 Å². The van der Waals surface area contributed by atoms with Gasteiger partial charge >= 0.3 is 5.69 Å². The van der Waals surface area contributed by atoms with Crippen LogP contribution >= 0.6 is 0 Å². The predicted octanol–water partition coefficient (Wildman–Crippen LogP) is 2.28. The number of benzene rings is 1. The van der Waals surface area contributed by atoms with Crippen LogP contribution in [0.15, 0.2) is 18.2 Å². The summed E-state index contributed by atoms with van der Waals surface area (Å²) >= 11 is 0. The molecule has 0 bridgehead atoms. The molecule has 0 unspecified atom stereocenters. The minimum atomic E-state index is -0.550. The fourth-order valence-electron chi connectivity index (χ4n) is 2.40. The Kier molecular flexibility index (Phi) is 3.99. The van der Waals surface area contributed by atoms with Gasteiger partial charge in [0.1, 0.15) is 0 Å². The van der Waals surface area contributed by atoms with Crippen molar-refractivity contribution in [2.24, 2.45) is 0 Å². The van der Waals surface area contributed by atoms with Crippen molar-refractivity contribution in [3.8, 4) is 5.75 Å². The molecule has 0 radical (unpaired) electrons. The highest BCUT2D eigenvalue weighted by Gasteiger charge is 2.24. The van der Waals surface area contributed by atoms with Gasteiger partial charge in [-0.05, 0) is 18.9 Å². The number of nitro benzene ring substituents is 1. The lowest BCUT2D eigenvalue weighted by molar-refractivity contribution is -0.385. The molecular formula is C13H16N2O4. The first kappa shape index (κ1) is 13.3. The third-order valence-corrected chi connectivity index (χ3v) is 3.33. The van der Waals surface area contributed by atoms with E-state index in [0.717, 1.165) is 25.7 Å². The highest BCUT2D eigenvalue weighted by Crippen LogP contribution is 2.30. The van der Waals surface area contributed by atoms with E-state index in [1.54, 1.807) is 0 Å². The van der Waals surface area contributed by atoms with Gasteiger partial charge in [-0.25, -0.2) is 0 Å². The number of hydrogen-bond acceptors (Lipinski definition) is 4. The van der Waals surface area contributed by atoms with E-state index in [2.05, 4.69) is 5.32 Å². The molecule has 1 aliphatic carbocycles. The second-order valence-corrected chi connectivity index (χ2v) is 4.57. The number of carbonyl (C=O) groups excluding carboxylic acids is 1. The number of nitro groups is 1. The van der Waals surface area contributed by atoms with E-state index in [9.17, 15) is 14.9 Å². The van der Waals surface area contributed by atoms with Crippen molar-refractivity contribution >= 4 is 11.6 Å². The molecule has 0 aliphatic heterocycles. The van der Waals surface area contributed by atoms with Gasteiger partial charge in [0.2, 0.25) is 5.75 Å². The van der Waals surface area contributed by atoms with Crippen molar-refractivity contribution in [1.29, 1.82) is 0 Å². The van der Waals surface area contributed by atoms with Crippen LogP contribution in [0.5, 0.6) is 5.75 Å². The smallest absolute Gasteiger partial charge is 0.311 e. The van der Waals surface area contributed by atoms with E-state index in [-0.39, 0.29) is 28.9 Å². The number of methoxy groups -OCH3 is 1. The molecule has 1 aliphatic rings. The zero-order valence-electron chi connectivity index (χ0n) is 10.7. The number of ether oxygens (including phenoxy) is 1. The van der Waals surface area contributed by atoms with Crippen molar-refractivity contribution in [3.63, 3.8) is 0 Å². The normalized spacial score (nSPS) is 15.2. The first-order valence-corrected chi connectivity index (χ1v) is 6.25. The van der Waals surface area contributed by atoms with Crippen LogP contribution in [0.25, 0.3) is 0 Å². The van der Waals surface area contributed by atoms with E-state index >= 15 is 0 Å². The van der Waals surface area contributed by atoms with Crippen molar-refractivity contribution in [1.82, 2.24) is 5.32 Å². The number of nitrogens with zero attached hydrogens (tertiary/aromatic N) is 1. The molecule has 1 saturated carbocycles. The molecule has 0 heterocycles. The minimum Gasteiger partial charge on any atom is -0.490 e. The van der Waals surface area contributed by atoms with Gasteiger partial charge in [0, 0.05) is 12.1 Å². The van der Waals surface area contributed by atoms with Crippen LogP contribution in [0.1, 0.15) is 36.0 Å². The average molecular weight is 264 g/mol. The summed E-state index contributed by atoms with van der Waals surface area (Å²) < 4.78 is 5.02. The zero-order chi connectivity index (χ0) is 13.8. The molecule has 1 aromatic rings. The lowest BCUT2D eigenvalue weighted by Gasteiger charge is -2.13. The molecule has 0 atom stereocenters. The Morgan fingerprint density at radius 1 is 1.42 bits per heavy atom. The van der Waals surface area contributed by atoms with Crippen molar-refractivity contribution in [3.05, 3.63) is 33.9 Å². The molecule has 6 heteroatoms. The lowest BCUT2D eigenvalue weighted by Crippen LogP contribution is -2.32. The molecule has 2 rings (SSSR count). The highest BCUT2D eigenvalue weighted by atomic mass is 16.6. The minimum absolute atomic E-state index is 0.0167. The third-order valence-electron chi connectivity index (χ3n) is 3.33. The monoisotopic (exact) mass is 264 g/mol. The Morgan fingerprint density at radius 2 is 2.11 bits per heavy atom. The Bertz CT molecular complexity index is 495. The van der Waals surface area contributed by atoms with E-state index in [4.69, 9.17) is 4.74 Å². The molecule has 1 fully saturated rings. The number of carbonyl (C=O) groups is 1. The zero-order valence-corrected chi connectivity index (χ0v) is 10.7. The van der Waals surface area contributed by atoms with Gasteiger partial charge in [-0.2, -0.15) is 0 Å². The number of para-hydroxylation sites is 1. The molecule has 102 valence electrons. The van der Waals surface area contributed by atoms with Crippen LogP contribution in [-0.4, -0.2) is 24.0 Å². The van der Waals surface area contributed by atoms with Crippen LogP contribution in [-0.2, 0) is 0 Å². The van der Waals surface area contributed by atoms with Crippen LogP contribution in [0.4, 0.5) is 5.69 Å². The maximum Gasteiger partial charge on any atom is 0.311 e. The summed E-state index contributed by atoms with van der Waals surface area (Å²) in [7, 11) is 1.33. The number of rotatable bonds is 4. The summed E-state index contributed by atoms with van der Waals surface area (Å²) in [5, 5.41) is 13.8. The summed E-state index contributed by atoms with van der Waals surface area (Å²) in [6.07, 6.45) is 4.14. The molecule has 0 spiro atoms. The van der Waals surface area contributed by atoms with Crippen molar-refractivity contribution < 1.29 is 14.5 Å². The van der Waals surface area contributed by atoms with E-state index in [1.165, 1.54) is 25.3 Å². The third kappa shape index (κ3) is 2.83. The quantitative estimate of drug-likeness (QED) is 0.668. The summed E-state index contributed by atoms with van der Waals surface area (Å²) in [4.78, 5) is 22.5. The van der Waals surface area contributed by atoms with Crippen LogP contribution in [0.3, 0.4) is 0 Å². The molecule has 0 aromatic heterocycles. The van der Waals surface area contributed by atoms with Crippen LogP contribution in [0.2, 0.25) is 0 Å². The SMILES string of the molecule is COc1c(C(=O)NC2CCCC2)cccc1[N+](=O)[O-]. The van der Waals surface area contributed by atoms with Crippen LogP contribution in [0, 0.1) is 10.1 Å². The lowest BCUT2D eigenvalue weighted by atomic mass is 10.1. The predicted molar refractivity (Wildman–Crippen MR) is 69.4 cm³/mol. The largest absolute Gasteiger partial charge is 0.490 e. The average Bonchev–Trinajstić information content (AvgIpc) is 2.90. The summed E-state index contributed by atoms with van der Waals surface area (Å²) in [6.45, 7) is 0. The molecule has 6 nitrogen and oxygen atoms in total. The standard InChI is InChI=1S/C13H16N2O4/c1-19-12-10(7-4-8-11(12)15(17)18)13(16)14-9-5-2-3-6-9/h4,7-9H,2-3,5-6H2,1H3,(H,14,16). The maximum absolute atomic E-state index is 12.1. The molecule has 0 saturated heterocycles. The molecule has 1 aromatic carbocycles. The van der Waals surface area contributed by atoms with Gasteiger partial charge in [0.25, 0.3) is 5.91 Å². The number of nitrogens with one attached hydrogen (secondary N) is 1. The van der Waals surface area contributed by atoms with Crippen molar-refractivity contribution in [2.45, 2.75) is 31.7 Å². The fourth-order valence-corrected chi connectivity index (χ4v) is 2.40. The van der Waals surface area contributed by atoms with Crippen molar-refractivity contribution in [2.75, 3.05) is 7.11 Å². The topological polar surface area (TPSA) is 81.5 Å². The van der Waals surface area contributed by atoms with E-state index in [0.29, 0.717) is 0 Å². The van der Waals surface area contributed by atoms with Crippen LogP contribution < -0.4 is 10.1 Å². The van der Waals surface area contributed by atoms with Gasteiger partial charge in [-0.1, -0.05) is 18.9 Å². The molecule has 1 N–H and O–H groups in total. The first-order chi connectivity index (χ1) is 9.13. The van der Waals surface area contributed by atoms with Gasteiger partial charge in [0.15, 0.2) is 0 Å². The highest BCUT2D eigenvalue weighted by molar-refractivity contribution is 5.98. The summed E-state index contributed by atoms with van der Waals surface area (Å²) in [6, 6.07) is 4.52. The second kappa shape index (κ2) is 5.69. The Morgan fingerprint density at radius 3 is 2.68 bits per heavy atom. The van der Waals surface area contributed by atoms with E-state index < -0.39 is 4.92 Å². The number of amides is 1. The fraction of sp³-hybridized carbons (Fsp3) is 0.462. The van der Waals surface area contributed by atoms with Gasteiger partial charge in [0.05, 0.1) is 17.6 Å². The summed E-state index contributed by atoms with van der Waals surface area (Å²) in [5.74, 6) is -0.296. The van der Waals surface area contributed by atoms with E-state index in [1.807, 2.05) is 0 Å². The molecular weight excluding hydrogens is 248 g/mol. The summed E-state index contributed by atoms with van der Waals surface area (Å²) in [5.41, 5.74) is 0.0187. The Balaban J connectivity index is 2.25. The Hall–Kier alpha value is -2.11.